The first kappa shape index (κ1) is 13.7. The Morgan fingerprint density at radius 3 is 2.71 bits per heavy atom. The molecular weight excluding hydrogens is 284 g/mol. The van der Waals surface area contributed by atoms with Crippen LogP contribution in [0.5, 0.6) is 0 Å². The van der Waals surface area contributed by atoms with Crippen LogP contribution in [-0.2, 0) is 4.74 Å². The van der Waals surface area contributed by atoms with Crippen LogP contribution in [0.1, 0.15) is 0 Å². The topological polar surface area (TPSA) is 60.7 Å². The highest BCUT2D eigenvalue weighted by molar-refractivity contribution is 5.74. The van der Waals surface area contributed by atoms with E-state index in [-0.39, 0.29) is 18.4 Å². The van der Waals surface area contributed by atoms with Crippen LogP contribution in [0.4, 0.5) is 19.3 Å². The van der Waals surface area contributed by atoms with Crippen molar-refractivity contribution in [2.75, 3.05) is 38.0 Å². The van der Waals surface area contributed by atoms with E-state index in [1.165, 1.54) is 0 Å². The molecule has 2 aliphatic rings. The van der Waals surface area contributed by atoms with Gasteiger partial charge in [-0.15, -0.1) is 0 Å². The number of nitrogens with zero attached hydrogens (tertiary/aromatic N) is 5. The highest BCUT2D eigenvalue weighted by Crippen LogP contribution is 2.24. The number of halogens is 2. The standard InChI is InChI=1S/C12H13F2N5O2/c13-9-1-2-10(14)11(7-9)18-8-19(16-15-18)12(20)17-3-5-21-6-4-17/h1-2,7H,3-6,8H2. The van der Waals surface area contributed by atoms with Gasteiger partial charge in [-0.1, -0.05) is 0 Å². The van der Waals surface area contributed by atoms with Crippen LogP contribution in [0.2, 0.25) is 0 Å². The zero-order valence-corrected chi connectivity index (χ0v) is 11.1. The lowest BCUT2D eigenvalue weighted by molar-refractivity contribution is 0.0443. The molecule has 0 bridgehead atoms. The van der Waals surface area contributed by atoms with Crippen molar-refractivity contribution in [1.29, 1.82) is 0 Å². The normalized spacial score (nSPS) is 18.5. The van der Waals surface area contributed by atoms with E-state index >= 15 is 0 Å². The van der Waals surface area contributed by atoms with E-state index in [9.17, 15) is 13.6 Å². The minimum Gasteiger partial charge on any atom is -0.378 e. The maximum absolute atomic E-state index is 13.7. The van der Waals surface area contributed by atoms with Crippen LogP contribution >= 0.6 is 0 Å². The van der Waals surface area contributed by atoms with Gasteiger partial charge in [0.25, 0.3) is 0 Å². The van der Waals surface area contributed by atoms with Gasteiger partial charge in [-0.2, -0.15) is 5.01 Å². The summed E-state index contributed by atoms with van der Waals surface area (Å²) in [4.78, 5) is 13.8. The van der Waals surface area contributed by atoms with Gasteiger partial charge in [0.15, 0.2) is 0 Å². The van der Waals surface area contributed by atoms with E-state index in [1.54, 1.807) is 4.90 Å². The fraction of sp³-hybridized carbons (Fsp3) is 0.417. The molecule has 0 aromatic heterocycles. The summed E-state index contributed by atoms with van der Waals surface area (Å²) in [6, 6.07) is 2.70. The molecule has 1 aromatic rings. The largest absolute Gasteiger partial charge is 0.378 e. The Morgan fingerprint density at radius 1 is 1.19 bits per heavy atom. The molecule has 0 radical (unpaired) electrons. The van der Waals surface area contributed by atoms with E-state index in [4.69, 9.17) is 4.74 Å². The van der Waals surface area contributed by atoms with Crippen LogP contribution in [0.15, 0.2) is 28.6 Å². The van der Waals surface area contributed by atoms with Gasteiger partial charge in [0.05, 0.1) is 13.2 Å². The minimum atomic E-state index is -0.629. The molecule has 112 valence electrons. The van der Waals surface area contributed by atoms with Crippen LogP contribution < -0.4 is 5.01 Å². The number of ether oxygens (including phenoxy) is 1. The summed E-state index contributed by atoms with van der Waals surface area (Å²) < 4.78 is 32.0. The fourth-order valence-corrected chi connectivity index (χ4v) is 2.10. The fourth-order valence-electron chi connectivity index (χ4n) is 2.10. The maximum atomic E-state index is 13.7. The Labute approximate surface area is 119 Å². The van der Waals surface area contributed by atoms with Crippen molar-refractivity contribution in [3.63, 3.8) is 0 Å². The summed E-state index contributed by atoms with van der Waals surface area (Å²) in [5.41, 5.74) is -0.0592. The number of morpholine rings is 1. The SMILES string of the molecule is O=C(N1CCOCC1)N1CN(c2cc(F)ccc2F)N=N1. The van der Waals surface area contributed by atoms with Crippen LogP contribution in [0.3, 0.4) is 0 Å². The molecule has 21 heavy (non-hydrogen) atoms. The average Bonchev–Trinajstić information content (AvgIpc) is 2.99. The number of carbonyl (C=O) groups excluding carboxylic acids is 1. The second-order valence-corrected chi connectivity index (χ2v) is 4.60. The molecule has 2 aliphatic heterocycles. The molecule has 1 aromatic carbocycles. The monoisotopic (exact) mass is 297 g/mol. The summed E-state index contributed by atoms with van der Waals surface area (Å²) in [5, 5.41) is 9.65. The van der Waals surface area contributed by atoms with Crippen molar-refractivity contribution in [2.24, 2.45) is 10.4 Å². The molecule has 0 atom stereocenters. The van der Waals surface area contributed by atoms with Gasteiger partial charge in [-0.3, -0.25) is 0 Å². The summed E-state index contributed by atoms with van der Waals surface area (Å²) in [6.07, 6.45) is 0. The van der Waals surface area contributed by atoms with Crippen LogP contribution in [-0.4, -0.2) is 48.9 Å². The molecule has 9 heteroatoms. The Balaban J connectivity index is 1.69. The Kier molecular flexibility index (Phi) is 3.65. The van der Waals surface area contributed by atoms with Gasteiger partial charge in [0.2, 0.25) is 0 Å². The van der Waals surface area contributed by atoms with Gasteiger partial charge >= 0.3 is 6.03 Å². The molecule has 0 unspecified atom stereocenters. The second-order valence-electron chi connectivity index (χ2n) is 4.60. The summed E-state index contributed by atoms with van der Waals surface area (Å²) in [5.74, 6) is -1.21. The molecular formula is C12H13F2N5O2. The summed E-state index contributed by atoms with van der Waals surface area (Å²) in [7, 11) is 0. The molecule has 2 heterocycles. The van der Waals surface area contributed by atoms with Gasteiger partial charge in [0, 0.05) is 19.2 Å². The van der Waals surface area contributed by atoms with Gasteiger partial charge < -0.3 is 9.64 Å². The van der Waals surface area contributed by atoms with Crippen LogP contribution in [0.25, 0.3) is 0 Å². The maximum Gasteiger partial charge on any atom is 0.343 e. The quantitative estimate of drug-likeness (QED) is 0.794. The van der Waals surface area contributed by atoms with E-state index in [1.807, 2.05) is 0 Å². The third-order valence-electron chi connectivity index (χ3n) is 3.21. The predicted octanol–water partition coefficient (Wildman–Crippen LogP) is 1.78. The molecule has 2 amide bonds. The summed E-state index contributed by atoms with van der Waals surface area (Å²) >= 11 is 0. The predicted molar refractivity (Wildman–Crippen MR) is 68.2 cm³/mol. The second kappa shape index (κ2) is 5.60. The number of amides is 2. The number of anilines is 1. The van der Waals surface area contributed by atoms with Crippen molar-refractivity contribution < 1.29 is 18.3 Å². The van der Waals surface area contributed by atoms with E-state index in [2.05, 4.69) is 10.4 Å². The van der Waals surface area contributed by atoms with E-state index < -0.39 is 11.6 Å². The highest BCUT2D eigenvalue weighted by atomic mass is 19.1. The molecule has 0 aliphatic carbocycles. The van der Waals surface area contributed by atoms with E-state index in [0.717, 1.165) is 28.2 Å². The lowest BCUT2D eigenvalue weighted by Gasteiger charge is -2.28. The van der Waals surface area contributed by atoms with Gasteiger partial charge in [-0.25, -0.2) is 18.6 Å². The van der Waals surface area contributed by atoms with Crippen molar-refractivity contribution >= 4 is 11.7 Å². The minimum absolute atomic E-state index is 0.0590. The Morgan fingerprint density at radius 2 is 1.95 bits per heavy atom. The third-order valence-corrected chi connectivity index (χ3v) is 3.21. The van der Waals surface area contributed by atoms with Crippen molar-refractivity contribution in [2.45, 2.75) is 0 Å². The van der Waals surface area contributed by atoms with Crippen molar-refractivity contribution in [1.82, 2.24) is 9.91 Å². The number of rotatable bonds is 1. The highest BCUT2D eigenvalue weighted by Gasteiger charge is 2.29. The zero-order chi connectivity index (χ0) is 14.8. The van der Waals surface area contributed by atoms with Gasteiger partial charge in [0.1, 0.15) is 24.0 Å². The van der Waals surface area contributed by atoms with Crippen LogP contribution in [0, 0.1) is 11.6 Å². The Hall–Kier alpha value is -2.29. The number of urea groups is 1. The first-order valence-corrected chi connectivity index (χ1v) is 6.43. The molecule has 7 nitrogen and oxygen atoms in total. The molecule has 0 spiro atoms. The molecule has 1 fully saturated rings. The number of carbonyl (C=O) groups is 1. The first-order chi connectivity index (χ1) is 10.1. The van der Waals surface area contributed by atoms with E-state index in [0.29, 0.717) is 26.3 Å². The molecule has 1 saturated heterocycles. The van der Waals surface area contributed by atoms with Crippen molar-refractivity contribution in [3.8, 4) is 0 Å². The molecule has 0 saturated carbocycles. The van der Waals surface area contributed by atoms with Gasteiger partial charge in [-0.05, 0) is 22.6 Å². The summed E-state index contributed by atoms with van der Waals surface area (Å²) in [6.45, 7) is 1.83. The first-order valence-electron chi connectivity index (χ1n) is 6.43. The smallest absolute Gasteiger partial charge is 0.343 e. The average molecular weight is 297 g/mol. The lowest BCUT2D eigenvalue weighted by atomic mass is 10.3. The number of benzene rings is 1. The third kappa shape index (κ3) is 2.77. The molecule has 3 rings (SSSR count). The zero-order valence-electron chi connectivity index (χ0n) is 11.1. The Bertz CT molecular complexity index is 577. The lowest BCUT2D eigenvalue weighted by Crippen LogP contribution is -2.47. The molecule has 0 N–H and O–H groups in total. The van der Waals surface area contributed by atoms with Crippen molar-refractivity contribution in [3.05, 3.63) is 29.8 Å². The number of hydrogen-bond donors (Lipinski definition) is 0. The number of hydrogen-bond acceptors (Lipinski definition) is 5.